The van der Waals surface area contributed by atoms with Crippen molar-refractivity contribution in [3.05, 3.63) is 70.8 Å². The number of aromatic nitrogens is 3. The van der Waals surface area contributed by atoms with E-state index in [2.05, 4.69) is 46.1 Å². The van der Waals surface area contributed by atoms with Gasteiger partial charge in [-0.3, -0.25) is 4.79 Å². The van der Waals surface area contributed by atoms with E-state index in [1.165, 1.54) is 33.0 Å². The lowest BCUT2D eigenvalue weighted by atomic mass is 10.1. The molecule has 118 valence electrons. The molecule has 0 saturated carbocycles. The van der Waals surface area contributed by atoms with Crippen molar-refractivity contribution in [1.82, 2.24) is 15.0 Å². The highest BCUT2D eigenvalue weighted by molar-refractivity contribution is 7.99. The molecule has 2 heterocycles. The zero-order valence-corrected chi connectivity index (χ0v) is 14.4. The molecule has 0 aliphatic rings. The Hall–Kier alpha value is -2.44. The molecule has 0 unspecified atom stereocenters. The molecule has 0 amide bonds. The Kier molecular flexibility index (Phi) is 3.92. The zero-order chi connectivity index (χ0) is 16.5. The third-order valence-corrected chi connectivity index (χ3v) is 5.79. The summed E-state index contributed by atoms with van der Waals surface area (Å²) >= 11 is 3.18. The maximum absolute atomic E-state index is 11.8. The van der Waals surface area contributed by atoms with Crippen LogP contribution in [-0.4, -0.2) is 15.0 Å². The number of benzene rings is 2. The van der Waals surface area contributed by atoms with Gasteiger partial charge in [0.15, 0.2) is 10.3 Å². The summed E-state index contributed by atoms with van der Waals surface area (Å²) < 4.78 is 0. The molecule has 4 nitrogen and oxygen atoms in total. The van der Waals surface area contributed by atoms with E-state index in [1.807, 2.05) is 24.3 Å². The Morgan fingerprint density at radius 2 is 1.96 bits per heavy atom. The largest absolute Gasteiger partial charge is 0.311 e. The molecule has 0 fully saturated rings. The lowest BCUT2D eigenvalue weighted by molar-refractivity contribution is 1.17. The fourth-order valence-electron chi connectivity index (χ4n) is 2.40. The molecule has 24 heavy (non-hydrogen) atoms. The Balaban J connectivity index is 1.70. The Morgan fingerprint density at radius 1 is 1.12 bits per heavy atom. The van der Waals surface area contributed by atoms with Crippen molar-refractivity contribution < 1.29 is 0 Å². The average Bonchev–Trinajstić information content (AvgIpc) is 3.03. The summed E-state index contributed by atoms with van der Waals surface area (Å²) in [6, 6.07) is 16.6. The topological polar surface area (TPSA) is 58.6 Å². The van der Waals surface area contributed by atoms with Crippen LogP contribution >= 0.6 is 23.1 Å². The van der Waals surface area contributed by atoms with Crippen LogP contribution in [0.5, 0.6) is 0 Å². The third-order valence-electron chi connectivity index (χ3n) is 3.59. The van der Waals surface area contributed by atoms with Crippen molar-refractivity contribution >= 4 is 33.4 Å². The average molecular weight is 351 g/mol. The van der Waals surface area contributed by atoms with E-state index in [9.17, 15) is 4.79 Å². The Morgan fingerprint density at radius 3 is 2.71 bits per heavy atom. The van der Waals surface area contributed by atoms with Gasteiger partial charge in [-0.05, 0) is 36.8 Å². The van der Waals surface area contributed by atoms with Crippen molar-refractivity contribution in [2.24, 2.45) is 0 Å². The fourth-order valence-corrected chi connectivity index (χ4v) is 4.21. The maximum Gasteiger partial charge on any atom is 0.278 e. The van der Waals surface area contributed by atoms with E-state index < -0.39 is 0 Å². The molecule has 0 spiro atoms. The van der Waals surface area contributed by atoms with Gasteiger partial charge in [0.25, 0.3) is 5.56 Å². The summed E-state index contributed by atoms with van der Waals surface area (Å²) in [5.74, 6) is 0. The molecule has 0 aliphatic heterocycles. The number of nitrogens with zero attached hydrogens (tertiary/aromatic N) is 2. The number of fused-ring (bicyclic) bond motifs is 1. The summed E-state index contributed by atoms with van der Waals surface area (Å²) in [4.78, 5) is 26.1. The number of nitrogens with one attached hydrogen (secondary N) is 1. The second-order valence-electron chi connectivity index (χ2n) is 5.30. The summed E-state index contributed by atoms with van der Waals surface area (Å²) in [6.45, 7) is 2.09. The van der Waals surface area contributed by atoms with Crippen LogP contribution < -0.4 is 5.56 Å². The van der Waals surface area contributed by atoms with Gasteiger partial charge in [-0.2, -0.15) is 0 Å². The highest BCUT2D eigenvalue weighted by Gasteiger charge is 2.11. The van der Waals surface area contributed by atoms with Crippen molar-refractivity contribution in [1.29, 1.82) is 0 Å². The van der Waals surface area contributed by atoms with Crippen LogP contribution in [0.3, 0.4) is 0 Å². The number of H-pyrrole nitrogens is 1. The van der Waals surface area contributed by atoms with E-state index in [-0.39, 0.29) is 5.56 Å². The van der Waals surface area contributed by atoms with Gasteiger partial charge in [-0.15, -0.1) is 0 Å². The van der Waals surface area contributed by atoms with E-state index >= 15 is 0 Å². The molecule has 0 atom stereocenters. The summed E-state index contributed by atoms with van der Waals surface area (Å²) in [6.07, 6.45) is 1.41. The first-order valence-corrected chi connectivity index (χ1v) is 9.02. The van der Waals surface area contributed by atoms with Crippen LogP contribution in [0.4, 0.5) is 0 Å². The number of rotatable bonds is 3. The Bertz CT molecular complexity index is 1070. The normalized spacial score (nSPS) is 11.0. The molecule has 0 radical (unpaired) electrons. The predicted octanol–water partition coefficient (Wildman–Crippen LogP) is 4.51. The molecule has 4 aromatic rings. The van der Waals surface area contributed by atoms with Crippen LogP contribution in [0.25, 0.3) is 20.9 Å². The second kappa shape index (κ2) is 6.22. The van der Waals surface area contributed by atoms with Crippen LogP contribution in [0.1, 0.15) is 5.56 Å². The lowest BCUT2D eigenvalue weighted by Crippen LogP contribution is -2.05. The van der Waals surface area contributed by atoms with Crippen LogP contribution in [0.2, 0.25) is 0 Å². The fraction of sp³-hybridized carbons (Fsp3) is 0.0556. The SMILES string of the molecule is Cc1cc(-c2nc3c(=O)[nH]cnc3s2)ccc1Sc1ccccc1. The minimum Gasteiger partial charge on any atom is -0.311 e. The Labute approximate surface area is 146 Å². The smallest absolute Gasteiger partial charge is 0.278 e. The van der Waals surface area contributed by atoms with Crippen molar-refractivity contribution in [3.63, 3.8) is 0 Å². The molecule has 1 N–H and O–H groups in total. The molecular formula is C18H13N3OS2. The number of hydrogen-bond donors (Lipinski definition) is 1. The molecule has 6 heteroatoms. The van der Waals surface area contributed by atoms with Gasteiger partial charge in [-0.1, -0.05) is 47.4 Å². The van der Waals surface area contributed by atoms with Crippen molar-refractivity contribution in [2.75, 3.05) is 0 Å². The van der Waals surface area contributed by atoms with Gasteiger partial charge in [0.2, 0.25) is 0 Å². The first-order chi connectivity index (χ1) is 11.7. The van der Waals surface area contributed by atoms with E-state index in [4.69, 9.17) is 0 Å². The van der Waals surface area contributed by atoms with Gasteiger partial charge in [0.05, 0.1) is 6.33 Å². The maximum atomic E-state index is 11.8. The van der Waals surface area contributed by atoms with Crippen LogP contribution in [-0.2, 0) is 0 Å². The highest BCUT2D eigenvalue weighted by atomic mass is 32.2. The minimum atomic E-state index is -0.199. The molecule has 2 aromatic carbocycles. The molecule has 4 rings (SSSR count). The van der Waals surface area contributed by atoms with Gasteiger partial charge in [0.1, 0.15) is 5.01 Å². The van der Waals surface area contributed by atoms with Gasteiger partial charge < -0.3 is 4.98 Å². The minimum absolute atomic E-state index is 0.199. The number of hydrogen-bond acceptors (Lipinski definition) is 5. The predicted molar refractivity (Wildman–Crippen MR) is 98.8 cm³/mol. The summed E-state index contributed by atoms with van der Waals surface area (Å²) in [7, 11) is 0. The first kappa shape index (κ1) is 15.1. The van der Waals surface area contributed by atoms with E-state index in [0.29, 0.717) is 10.3 Å². The number of thiazole rings is 1. The van der Waals surface area contributed by atoms with Crippen molar-refractivity contribution in [2.45, 2.75) is 16.7 Å². The molecular weight excluding hydrogens is 338 g/mol. The standard InChI is InChI=1S/C18H13N3OS2/c1-11-9-12(7-8-14(11)23-13-5-3-2-4-6-13)17-21-15-16(22)19-10-20-18(15)24-17/h2-10H,1H3,(H,19,20,22). The van der Waals surface area contributed by atoms with Crippen LogP contribution in [0, 0.1) is 6.92 Å². The molecule has 0 saturated heterocycles. The van der Waals surface area contributed by atoms with Gasteiger partial charge in [0, 0.05) is 15.4 Å². The highest BCUT2D eigenvalue weighted by Crippen LogP contribution is 2.34. The monoisotopic (exact) mass is 351 g/mol. The van der Waals surface area contributed by atoms with Crippen LogP contribution in [0.15, 0.2) is 69.4 Å². The molecule has 0 aliphatic carbocycles. The third kappa shape index (κ3) is 2.86. The van der Waals surface area contributed by atoms with Gasteiger partial charge >= 0.3 is 0 Å². The van der Waals surface area contributed by atoms with Crippen molar-refractivity contribution in [3.8, 4) is 10.6 Å². The van der Waals surface area contributed by atoms with E-state index in [0.717, 1.165) is 10.6 Å². The molecule has 2 aromatic heterocycles. The second-order valence-corrected chi connectivity index (χ2v) is 7.39. The number of aromatic amines is 1. The lowest BCUT2D eigenvalue weighted by Gasteiger charge is -2.07. The number of aryl methyl sites for hydroxylation is 1. The summed E-state index contributed by atoms with van der Waals surface area (Å²) in [5.41, 5.74) is 2.39. The molecule has 0 bridgehead atoms. The summed E-state index contributed by atoms with van der Waals surface area (Å²) in [5, 5.41) is 0.813. The first-order valence-electron chi connectivity index (χ1n) is 7.39. The zero-order valence-electron chi connectivity index (χ0n) is 12.8. The quantitative estimate of drug-likeness (QED) is 0.590. The van der Waals surface area contributed by atoms with Gasteiger partial charge in [-0.25, -0.2) is 9.97 Å². The van der Waals surface area contributed by atoms with E-state index in [1.54, 1.807) is 11.8 Å².